The normalized spacial score (nSPS) is 25.6. The number of quaternary nitrogens is 1. The van der Waals surface area contributed by atoms with E-state index < -0.39 is 95.2 Å². The zero-order valence-corrected chi connectivity index (χ0v) is 32.2. The Morgan fingerprint density at radius 1 is 0.836 bits per heavy atom. The van der Waals surface area contributed by atoms with Crippen LogP contribution in [-0.4, -0.2) is 132 Å². The number of hydrogen-bond donors (Lipinski definition) is 4. The smallest absolute Gasteiger partial charge is 0.479 e. The van der Waals surface area contributed by atoms with Crippen molar-refractivity contribution in [2.24, 2.45) is 0 Å². The zero-order chi connectivity index (χ0) is 40.6. The minimum atomic E-state index is -2.96. The van der Waals surface area contributed by atoms with Gasteiger partial charge in [0.25, 0.3) is 5.91 Å². The molecule has 55 heavy (non-hydrogen) atoms. The molecule has 4 N–H and O–H groups in total. The molecule has 5 amide bonds. The SMILES string of the molecule is CC(C)(C)OC(=O)N1CCN(C(=O)OCc2ccccc2)CC1(C(=O)O)[C@]1(C(=O)N[C@@H]2CCCc3ccccc32)CN(C(=O)O)CC[N+]1(C(=O)O)C(C)(C)C. The lowest BCUT2D eigenvalue weighted by molar-refractivity contribution is -0.950. The molecule has 2 aromatic rings. The van der Waals surface area contributed by atoms with Gasteiger partial charge in [-0.1, -0.05) is 54.6 Å². The number of aliphatic carboxylic acids is 1. The molecule has 16 heteroatoms. The molecule has 298 valence electrons. The number of fused-ring (bicyclic) bond motifs is 1. The van der Waals surface area contributed by atoms with Crippen LogP contribution in [0, 0.1) is 0 Å². The molecule has 1 aliphatic carbocycles. The number of nitrogens with zero attached hydrogens (tertiary/aromatic N) is 4. The van der Waals surface area contributed by atoms with Crippen molar-refractivity contribution < 1.29 is 58.0 Å². The van der Waals surface area contributed by atoms with Crippen molar-refractivity contribution >= 4 is 36.2 Å². The second kappa shape index (κ2) is 15.0. The van der Waals surface area contributed by atoms with E-state index in [-0.39, 0.29) is 19.7 Å². The topological polar surface area (TPSA) is 203 Å². The maximum atomic E-state index is 15.8. The Kier molecular flexibility index (Phi) is 11.2. The Bertz CT molecular complexity index is 1830. The molecular formula is C39H52N5O11+. The molecule has 0 spiro atoms. The number of carboxylic acids is 1. The number of carbonyl (C=O) groups excluding carboxylic acids is 3. The van der Waals surface area contributed by atoms with Crippen LogP contribution in [0.15, 0.2) is 54.6 Å². The van der Waals surface area contributed by atoms with Crippen molar-refractivity contribution in [3.05, 3.63) is 71.3 Å². The maximum absolute atomic E-state index is 15.8. The first-order chi connectivity index (χ1) is 25.7. The highest BCUT2D eigenvalue weighted by atomic mass is 16.6. The number of amides is 5. The van der Waals surface area contributed by atoms with Crippen LogP contribution in [0.3, 0.4) is 0 Å². The first-order valence-electron chi connectivity index (χ1n) is 18.4. The van der Waals surface area contributed by atoms with Gasteiger partial charge in [-0.15, -0.1) is 0 Å². The van der Waals surface area contributed by atoms with Gasteiger partial charge in [0.2, 0.25) is 11.1 Å². The first kappa shape index (κ1) is 40.8. The number of rotatable bonds is 6. The van der Waals surface area contributed by atoms with E-state index in [4.69, 9.17) is 9.47 Å². The van der Waals surface area contributed by atoms with Crippen molar-refractivity contribution in [1.29, 1.82) is 0 Å². The second-order valence-electron chi connectivity index (χ2n) is 16.4. The van der Waals surface area contributed by atoms with E-state index in [0.29, 0.717) is 24.8 Å². The van der Waals surface area contributed by atoms with Crippen molar-refractivity contribution in [3.63, 3.8) is 0 Å². The zero-order valence-electron chi connectivity index (χ0n) is 32.2. The molecule has 2 saturated heterocycles. The lowest BCUT2D eigenvalue weighted by Crippen LogP contribution is -2.95. The van der Waals surface area contributed by atoms with E-state index in [9.17, 15) is 39.3 Å². The number of aryl methyl sites for hydroxylation is 1. The van der Waals surface area contributed by atoms with Crippen LogP contribution in [0.2, 0.25) is 0 Å². The van der Waals surface area contributed by atoms with Crippen LogP contribution in [0.5, 0.6) is 0 Å². The predicted octanol–water partition coefficient (Wildman–Crippen LogP) is 4.92. The van der Waals surface area contributed by atoms with Gasteiger partial charge >= 0.3 is 30.3 Å². The van der Waals surface area contributed by atoms with E-state index in [1.165, 1.54) is 20.8 Å². The summed E-state index contributed by atoms with van der Waals surface area (Å²) >= 11 is 0. The van der Waals surface area contributed by atoms with E-state index in [1.807, 2.05) is 18.2 Å². The lowest BCUT2D eigenvalue weighted by atomic mass is 9.66. The van der Waals surface area contributed by atoms with Crippen molar-refractivity contribution in [2.45, 2.75) is 95.7 Å². The fourth-order valence-corrected chi connectivity index (χ4v) is 8.71. The molecule has 2 fully saturated rings. The lowest BCUT2D eigenvalue weighted by Gasteiger charge is -2.65. The van der Waals surface area contributed by atoms with Crippen LogP contribution in [0.1, 0.15) is 77.1 Å². The average molecular weight is 767 g/mol. The number of benzene rings is 2. The number of hydrogen-bond acceptors (Lipinski definition) is 8. The Balaban J connectivity index is 1.81. The third kappa shape index (κ3) is 7.14. The van der Waals surface area contributed by atoms with Crippen LogP contribution in [0.4, 0.5) is 19.2 Å². The molecule has 5 rings (SSSR count). The summed E-state index contributed by atoms with van der Waals surface area (Å²) in [6.07, 6.45) is -3.55. The number of ether oxygens (including phenoxy) is 2. The van der Waals surface area contributed by atoms with Crippen LogP contribution < -0.4 is 5.32 Å². The molecule has 2 aliphatic heterocycles. The largest absolute Gasteiger partial charge is 0.515 e. The number of carbonyl (C=O) groups is 6. The molecule has 2 unspecified atom stereocenters. The third-order valence-corrected chi connectivity index (χ3v) is 11.2. The molecular weight excluding hydrogens is 714 g/mol. The fourth-order valence-electron chi connectivity index (χ4n) is 8.71. The van der Waals surface area contributed by atoms with Crippen LogP contribution in [-0.2, 0) is 32.1 Å². The van der Waals surface area contributed by atoms with Crippen LogP contribution in [0.25, 0.3) is 0 Å². The summed E-state index contributed by atoms with van der Waals surface area (Å²) in [6, 6.07) is 15.4. The number of nitrogens with one attached hydrogen (secondary N) is 1. The molecule has 0 aromatic heterocycles. The van der Waals surface area contributed by atoms with E-state index in [2.05, 4.69) is 5.32 Å². The second-order valence-corrected chi connectivity index (χ2v) is 16.4. The molecule has 16 nitrogen and oxygen atoms in total. The first-order valence-corrected chi connectivity index (χ1v) is 18.4. The summed E-state index contributed by atoms with van der Waals surface area (Å²) in [4.78, 5) is 88.4. The van der Waals surface area contributed by atoms with Gasteiger partial charge in [0.1, 0.15) is 24.3 Å². The Morgan fingerprint density at radius 2 is 1.49 bits per heavy atom. The van der Waals surface area contributed by atoms with Gasteiger partial charge in [-0.25, -0.2) is 19.2 Å². The Hall–Kier alpha value is -5.38. The highest BCUT2D eigenvalue weighted by molar-refractivity contribution is 6.00. The van der Waals surface area contributed by atoms with Gasteiger partial charge in [0.15, 0.2) is 0 Å². The molecule has 4 atom stereocenters. The summed E-state index contributed by atoms with van der Waals surface area (Å²) in [5.41, 5.74) is -6.20. The minimum Gasteiger partial charge on any atom is -0.479 e. The minimum absolute atomic E-state index is 0.192. The average Bonchev–Trinajstić information content (AvgIpc) is 3.12. The maximum Gasteiger partial charge on any atom is 0.515 e. The molecule has 0 bridgehead atoms. The quantitative estimate of drug-likeness (QED) is 0.291. The fraction of sp³-hybridized carbons (Fsp3) is 0.538. The Labute approximate surface area is 320 Å². The highest BCUT2D eigenvalue weighted by Crippen LogP contribution is 2.50. The summed E-state index contributed by atoms with van der Waals surface area (Å²) in [7, 11) is 0. The van der Waals surface area contributed by atoms with Gasteiger partial charge in [-0.3, -0.25) is 14.6 Å². The van der Waals surface area contributed by atoms with E-state index in [0.717, 1.165) is 25.8 Å². The summed E-state index contributed by atoms with van der Waals surface area (Å²) in [5, 5.41) is 36.8. The monoisotopic (exact) mass is 766 g/mol. The summed E-state index contributed by atoms with van der Waals surface area (Å²) in [6.45, 7) is 5.41. The standard InChI is InChI=1S/C39H51N5O11/c1-36(2,3)44(35(52)53)22-21-41(32(48)49)25-39(44,30(45)40-29-18-12-16-27-15-10-11-17-28(27)29)38(31(46)47)24-42(19-20-43(38)34(51)55-37(4,5)6)33(50)54-23-26-13-8-7-9-14-26/h7-11,13-15,17,29H,12,16,18-25H2,1-6H3,(H3-,40,45,46,47,48,49,52,53)/p+1/t29-,38?,39-,44?/m1/s1. The molecule has 0 radical (unpaired) electrons. The van der Waals surface area contributed by atoms with E-state index in [1.54, 1.807) is 57.2 Å². The predicted molar refractivity (Wildman–Crippen MR) is 197 cm³/mol. The van der Waals surface area contributed by atoms with Gasteiger partial charge in [0.05, 0.1) is 25.7 Å². The molecule has 3 aliphatic rings. The molecule has 0 saturated carbocycles. The third-order valence-electron chi connectivity index (χ3n) is 11.2. The van der Waals surface area contributed by atoms with Crippen LogP contribution >= 0.6 is 0 Å². The van der Waals surface area contributed by atoms with Crippen molar-refractivity contribution in [1.82, 2.24) is 20.0 Å². The van der Waals surface area contributed by atoms with Crippen molar-refractivity contribution in [3.8, 4) is 0 Å². The van der Waals surface area contributed by atoms with E-state index >= 15 is 4.79 Å². The van der Waals surface area contributed by atoms with Gasteiger partial charge in [-0.2, -0.15) is 9.28 Å². The Morgan fingerprint density at radius 3 is 2.09 bits per heavy atom. The highest BCUT2D eigenvalue weighted by Gasteiger charge is 2.83. The van der Waals surface area contributed by atoms with Gasteiger partial charge in [-0.05, 0) is 77.5 Å². The molecule has 2 heterocycles. The number of piperazine rings is 2. The summed E-state index contributed by atoms with van der Waals surface area (Å²) < 4.78 is 10.1. The summed E-state index contributed by atoms with van der Waals surface area (Å²) in [5.74, 6) is -2.94. The number of carboxylic acid groups (broad SMARTS) is 3. The van der Waals surface area contributed by atoms with Gasteiger partial charge < -0.3 is 35.0 Å². The van der Waals surface area contributed by atoms with Crippen molar-refractivity contribution in [2.75, 3.05) is 39.3 Å². The van der Waals surface area contributed by atoms with Gasteiger partial charge in [0, 0.05) is 13.1 Å². The molecule has 2 aromatic carbocycles.